The van der Waals surface area contributed by atoms with Gasteiger partial charge in [0.15, 0.2) is 0 Å². The molecule has 0 aromatic heterocycles. The van der Waals surface area contributed by atoms with Crippen LogP contribution >= 0.6 is 0 Å². The number of carbonyl (C=O) groups excluding carboxylic acids is 1. The van der Waals surface area contributed by atoms with E-state index in [1.807, 2.05) is 13.8 Å². The van der Waals surface area contributed by atoms with Gasteiger partial charge in [-0.25, -0.2) is 4.39 Å². The molecule has 1 aliphatic heterocycles. The van der Waals surface area contributed by atoms with Crippen LogP contribution in [0.5, 0.6) is 0 Å². The van der Waals surface area contributed by atoms with Crippen molar-refractivity contribution in [2.45, 2.75) is 31.8 Å². The van der Waals surface area contributed by atoms with E-state index in [9.17, 15) is 9.18 Å². The first-order chi connectivity index (χ1) is 8.93. The summed E-state index contributed by atoms with van der Waals surface area (Å²) in [5.74, 6) is -0.405. The third kappa shape index (κ3) is 3.11. The lowest BCUT2D eigenvalue weighted by atomic mass is 9.96. The van der Waals surface area contributed by atoms with Crippen molar-refractivity contribution in [3.8, 4) is 0 Å². The van der Waals surface area contributed by atoms with Crippen LogP contribution in [0.25, 0.3) is 0 Å². The largest absolute Gasteiger partial charge is 0.396 e. The number of anilines is 1. The van der Waals surface area contributed by atoms with E-state index in [4.69, 9.17) is 5.11 Å². The van der Waals surface area contributed by atoms with E-state index in [2.05, 4.69) is 5.32 Å². The Bertz CT molecular complexity index is 459. The first kappa shape index (κ1) is 14.0. The first-order valence-corrected chi connectivity index (χ1v) is 6.38. The van der Waals surface area contributed by atoms with Gasteiger partial charge in [-0.05, 0) is 44.5 Å². The monoisotopic (exact) mass is 266 g/mol. The predicted octanol–water partition coefficient (Wildman–Crippen LogP) is 1.29. The Morgan fingerprint density at radius 2 is 2.05 bits per heavy atom. The number of hydrogen-bond acceptors (Lipinski definition) is 3. The number of rotatable bonds is 3. The van der Waals surface area contributed by atoms with Crippen LogP contribution < -0.4 is 10.2 Å². The van der Waals surface area contributed by atoms with E-state index in [0.717, 1.165) is 0 Å². The molecular formula is C14H19FN2O2. The van der Waals surface area contributed by atoms with Crippen molar-refractivity contribution in [3.05, 3.63) is 30.1 Å². The topological polar surface area (TPSA) is 52.6 Å². The summed E-state index contributed by atoms with van der Waals surface area (Å²) in [4.78, 5) is 14.0. The second-order valence-corrected chi connectivity index (χ2v) is 5.49. The van der Waals surface area contributed by atoms with Crippen LogP contribution in [0.1, 0.15) is 20.3 Å². The zero-order chi connectivity index (χ0) is 14.0. The Labute approximate surface area is 112 Å². The molecule has 0 bridgehead atoms. The number of carbonyl (C=O) groups is 1. The third-order valence-corrected chi connectivity index (χ3v) is 3.24. The van der Waals surface area contributed by atoms with Gasteiger partial charge in [-0.1, -0.05) is 0 Å². The van der Waals surface area contributed by atoms with Crippen LogP contribution in [0, 0.1) is 5.82 Å². The van der Waals surface area contributed by atoms with E-state index in [1.165, 1.54) is 12.1 Å². The Balaban J connectivity index is 2.27. The molecule has 4 nitrogen and oxygen atoms in total. The summed E-state index contributed by atoms with van der Waals surface area (Å²) in [6, 6.07) is 5.49. The molecule has 1 heterocycles. The summed E-state index contributed by atoms with van der Waals surface area (Å²) in [7, 11) is 0. The molecule has 1 saturated heterocycles. The van der Waals surface area contributed by atoms with Crippen molar-refractivity contribution in [2.75, 3.05) is 18.1 Å². The van der Waals surface area contributed by atoms with Gasteiger partial charge < -0.3 is 10.0 Å². The van der Waals surface area contributed by atoms with E-state index in [0.29, 0.717) is 18.7 Å². The number of nitrogens with one attached hydrogen (secondary N) is 1. The van der Waals surface area contributed by atoms with Crippen molar-refractivity contribution < 1.29 is 14.3 Å². The minimum absolute atomic E-state index is 0.0449. The Morgan fingerprint density at radius 1 is 1.42 bits per heavy atom. The number of aliphatic hydroxyl groups excluding tert-OH is 1. The molecule has 0 aliphatic carbocycles. The number of hydrogen-bond donors (Lipinski definition) is 2. The molecule has 0 saturated carbocycles. The zero-order valence-corrected chi connectivity index (χ0v) is 11.2. The number of halogens is 1. The van der Waals surface area contributed by atoms with Gasteiger partial charge in [0.05, 0.1) is 6.04 Å². The highest BCUT2D eigenvalue weighted by Gasteiger charge is 2.38. The minimum atomic E-state index is -0.404. The Hall–Kier alpha value is -1.46. The first-order valence-electron chi connectivity index (χ1n) is 6.38. The number of aliphatic hydroxyl groups is 1. The number of piperazine rings is 1. The smallest absolute Gasteiger partial charge is 0.244 e. The van der Waals surface area contributed by atoms with Crippen molar-refractivity contribution in [1.82, 2.24) is 5.32 Å². The molecule has 1 amide bonds. The Kier molecular flexibility index (Phi) is 3.87. The predicted molar refractivity (Wildman–Crippen MR) is 71.5 cm³/mol. The van der Waals surface area contributed by atoms with Gasteiger partial charge in [0.1, 0.15) is 5.82 Å². The van der Waals surface area contributed by atoms with Crippen molar-refractivity contribution >= 4 is 11.6 Å². The molecule has 1 unspecified atom stereocenters. The fourth-order valence-electron chi connectivity index (χ4n) is 2.40. The molecule has 19 heavy (non-hydrogen) atoms. The lowest BCUT2D eigenvalue weighted by molar-refractivity contribution is -0.123. The van der Waals surface area contributed by atoms with Crippen LogP contribution in [0.3, 0.4) is 0 Å². The fourth-order valence-corrected chi connectivity index (χ4v) is 2.40. The molecular weight excluding hydrogens is 247 g/mol. The van der Waals surface area contributed by atoms with Crippen LogP contribution in [-0.2, 0) is 4.79 Å². The average Bonchev–Trinajstić information content (AvgIpc) is 2.34. The molecule has 0 radical (unpaired) electrons. The van der Waals surface area contributed by atoms with E-state index in [1.54, 1.807) is 17.0 Å². The molecule has 2 N–H and O–H groups in total. The minimum Gasteiger partial charge on any atom is -0.396 e. The molecule has 1 aliphatic rings. The summed E-state index contributed by atoms with van der Waals surface area (Å²) in [5, 5.41) is 12.3. The zero-order valence-electron chi connectivity index (χ0n) is 11.2. The molecule has 1 aromatic rings. The summed E-state index contributed by atoms with van der Waals surface area (Å²) < 4.78 is 13.0. The van der Waals surface area contributed by atoms with Gasteiger partial charge in [0, 0.05) is 24.4 Å². The highest BCUT2D eigenvalue weighted by molar-refractivity contribution is 5.98. The summed E-state index contributed by atoms with van der Waals surface area (Å²) in [5.41, 5.74) is 0.436. The van der Waals surface area contributed by atoms with E-state index < -0.39 is 6.04 Å². The summed E-state index contributed by atoms with van der Waals surface area (Å²) in [6.45, 7) is 4.47. The fraction of sp³-hybridized carbons (Fsp3) is 0.500. The number of nitrogens with zero attached hydrogens (tertiary/aromatic N) is 1. The third-order valence-electron chi connectivity index (χ3n) is 3.24. The van der Waals surface area contributed by atoms with Crippen LogP contribution in [0.4, 0.5) is 10.1 Å². The van der Waals surface area contributed by atoms with E-state index >= 15 is 0 Å². The Morgan fingerprint density at radius 3 is 2.63 bits per heavy atom. The summed E-state index contributed by atoms with van der Waals surface area (Å²) in [6.07, 6.45) is 0.375. The highest BCUT2D eigenvalue weighted by Crippen LogP contribution is 2.24. The molecule has 1 aromatic carbocycles. The van der Waals surface area contributed by atoms with Gasteiger partial charge in [0.2, 0.25) is 5.91 Å². The molecule has 104 valence electrons. The quantitative estimate of drug-likeness (QED) is 0.867. The second kappa shape index (κ2) is 5.27. The van der Waals surface area contributed by atoms with E-state index in [-0.39, 0.29) is 23.9 Å². The molecule has 1 fully saturated rings. The van der Waals surface area contributed by atoms with Gasteiger partial charge in [0.25, 0.3) is 0 Å². The van der Waals surface area contributed by atoms with Crippen molar-refractivity contribution in [1.29, 1.82) is 0 Å². The lowest BCUT2D eigenvalue weighted by Gasteiger charge is -2.43. The van der Waals surface area contributed by atoms with Crippen LogP contribution in [0.15, 0.2) is 24.3 Å². The SMILES string of the molecule is CC1(C)CN(c2ccc(F)cc2)C(=O)C(CCO)N1. The standard InChI is InChI=1S/C14H19FN2O2/c1-14(2)9-17(11-5-3-10(15)4-6-11)13(19)12(16-14)7-8-18/h3-6,12,16,18H,7-9H2,1-2H3. The second-order valence-electron chi connectivity index (χ2n) is 5.49. The van der Waals surface area contributed by atoms with Crippen molar-refractivity contribution in [2.24, 2.45) is 0 Å². The van der Waals surface area contributed by atoms with Crippen LogP contribution in [-0.4, -0.2) is 35.7 Å². The van der Waals surface area contributed by atoms with Gasteiger partial charge >= 0.3 is 0 Å². The highest BCUT2D eigenvalue weighted by atomic mass is 19.1. The van der Waals surface area contributed by atoms with Gasteiger partial charge in [-0.3, -0.25) is 10.1 Å². The summed E-state index contributed by atoms with van der Waals surface area (Å²) >= 11 is 0. The number of benzene rings is 1. The van der Waals surface area contributed by atoms with Gasteiger partial charge in [-0.15, -0.1) is 0 Å². The molecule has 1 atom stereocenters. The van der Waals surface area contributed by atoms with Gasteiger partial charge in [-0.2, -0.15) is 0 Å². The molecule has 5 heteroatoms. The molecule has 2 rings (SSSR count). The maximum absolute atomic E-state index is 13.0. The normalized spacial score (nSPS) is 22.6. The molecule has 0 spiro atoms. The maximum atomic E-state index is 13.0. The maximum Gasteiger partial charge on any atom is 0.244 e. The van der Waals surface area contributed by atoms with Crippen LogP contribution in [0.2, 0.25) is 0 Å². The average molecular weight is 266 g/mol. The number of amides is 1. The lowest BCUT2D eigenvalue weighted by Crippen LogP contribution is -2.65. The van der Waals surface area contributed by atoms with Crippen molar-refractivity contribution in [3.63, 3.8) is 0 Å².